The summed E-state index contributed by atoms with van der Waals surface area (Å²) < 4.78 is 0. The van der Waals surface area contributed by atoms with Crippen LogP contribution in [0.25, 0.3) is 0 Å². The number of hydrogen-bond donors (Lipinski definition) is 0. The first kappa shape index (κ1) is 19.1. The summed E-state index contributed by atoms with van der Waals surface area (Å²) in [5.74, 6) is 1.71. The molecule has 0 aromatic heterocycles. The van der Waals surface area contributed by atoms with E-state index in [0.29, 0.717) is 10.9 Å². The second-order valence-electron chi connectivity index (χ2n) is 7.93. The van der Waals surface area contributed by atoms with Crippen molar-refractivity contribution >= 4 is 34.5 Å². The van der Waals surface area contributed by atoms with Crippen LogP contribution in [0.4, 0.5) is 11.4 Å². The lowest BCUT2D eigenvalue weighted by Gasteiger charge is -2.34. The lowest BCUT2D eigenvalue weighted by molar-refractivity contribution is 0.310. The molecule has 1 saturated heterocycles. The molecule has 2 aliphatic rings. The number of fused-ring (bicyclic) bond motifs is 1. The molecule has 3 aromatic carbocycles. The Hall–Kier alpha value is -2.91. The first-order valence-corrected chi connectivity index (χ1v) is 10.9. The van der Waals surface area contributed by atoms with Crippen LogP contribution >= 0.6 is 11.6 Å². The van der Waals surface area contributed by atoms with Gasteiger partial charge in [-0.2, -0.15) is 0 Å². The molecule has 0 bridgehead atoms. The molecule has 3 nitrogen and oxygen atoms in total. The SMILES string of the molecule is Clc1ccc2c(c1)N=C(N1CCC(c3ccccc3)CC1)CC(c1ccccc1)=N2. The van der Waals surface area contributed by atoms with E-state index in [2.05, 4.69) is 59.5 Å². The fourth-order valence-corrected chi connectivity index (χ4v) is 4.54. The van der Waals surface area contributed by atoms with Crippen molar-refractivity contribution in [3.8, 4) is 0 Å². The van der Waals surface area contributed by atoms with Crippen molar-refractivity contribution in [1.29, 1.82) is 0 Å². The third kappa shape index (κ3) is 4.03. The fraction of sp³-hybridized carbons (Fsp3) is 0.231. The molecule has 0 spiro atoms. The quantitative estimate of drug-likeness (QED) is 0.455. The van der Waals surface area contributed by atoms with Gasteiger partial charge in [-0.15, -0.1) is 0 Å². The molecule has 150 valence electrons. The topological polar surface area (TPSA) is 28.0 Å². The molecule has 0 radical (unpaired) electrons. The van der Waals surface area contributed by atoms with Crippen LogP contribution in [0.1, 0.15) is 36.3 Å². The van der Waals surface area contributed by atoms with E-state index in [0.717, 1.165) is 60.8 Å². The number of nitrogens with zero attached hydrogens (tertiary/aromatic N) is 3. The molecule has 3 aromatic rings. The average molecular weight is 414 g/mol. The normalized spacial score (nSPS) is 17.0. The van der Waals surface area contributed by atoms with E-state index >= 15 is 0 Å². The first-order valence-electron chi connectivity index (χ1n) is 10.6. The number of hydrogen-bond acceptors (Lipinski definition) is 3. The number of rotatable bonds is 2. The minimum absolute atomic E-state index is 0.623. The number of benzene rings is 3. The van der Waals surface area contributed by atoms with Gasteiger partial charge in [-0.1, -0.05) is 72.3 Å². The van der Waals surface area contributed by atoms with E-state index in [4.69, 9.17) is 21.6 Å². The van der Waals surface area contributed by atoms with Crippen molar-refractivity contribution in [2.45, 2.75) is 25.2 Å². The smallest absolute Gasteiger partial charge is 0.111 e. The molecular formula is C26H24ClN3. The zero-order valence-corrected chi connectivity index (χ0v) is 17.6. The van der Waals surface area contributed by atoms with Crippen LogP contribution in [-0.4, -0.2) is 29.5 Å². The summed E-state index contributed by atoms with van der Waals surface area (Å²) in [5.41, 5.74) is 5.39. The van der Waals surface area contributed by atoms with E-state index in [1.807, 2.05) is 24.3 Å². The van der Waals surface area contributed by atoms with Gasteiger partial charge in [-0.3, -0.25) is 4.99 Å². The summed E-state index contributed by atoms with van der Waals surface area (Å²) >= 11 is 6.27. The van der Waals surface area contributed by atoms with Gasteiger partial charge in [0.25, 0.3) is 0 Å². The predicted octanol–water partition coefficient (Wildman–Crippen LogP) is 6.77. The van der Waals surface area contributed by atoms with Gasteiger partial charge >= 0.3 is 0 Å². The van der Waals surface area contributed by atoms with Crippen LogP contribution in [0.3, 0.4) is 0 Å². The van der Waals surface area contributed by atoms with Gasteiger partial charge in [0.1, 0.15) is 5.84 Å². The highest BCUT2D eigenvalue weighted by Crippen LogP contribution is 2.36. The molecule has 2 aliphatic heterocycles. The third-order valence-electron chi connectivity index (χ3n) is 6.01. The Kier molecular flexibility index (Phi) is 5.37. The number of likely N-dealkylation sites (tertiary alicyclic amines) is 1. The molecule has 30 heavy (non-hydrogen) atoms. The Bertz CT molecular complexity index is 1080. The monoisotopic (exact) mass is 413 g/mol. The van der Waals surface area contributed by atoms with E-state index < -0.39 is 0 Å². The second kappa shape index (κ2) is 8.45. The molecule has 0 aliphatic carbocycles. The maximum Gasteiger partial charge on any atom is 0.111 e. The van der Waals surface area contributed by atoms with Gasteiger partial charge in [-0.25, -0.2) is 4.99 Å². The minimum Gasteiger partial charge on any atom is -0.360 e. The maximum absolute atomic E-state index is 6.27. The van der Waals surface area contributed by atoms with Gasteiger partial charge in [0, 0.05) is 24.5 Å². The van der Waals surface area contributed by atoms with E-state index in [9.17, 15) is 0 Å². The van der Waals surface area contributed by atoms with Crippen molar-refractivity contribution in [2.75, 3.05) is 13.1 Å². The van der Waals surface area contributed by atoms with Crippen molar-refractivity contribution in [3.63, 3.8) is 0 Å². The van der Waals surface area contributed by atoms with Gasteiger partial charge < -0.3 is 4.90 Å². The largest absolute Gasteiger partial charge is 0.360 e. The van der Waals surface area contributed by atoms with Crippen LogP contribution in [0.15, 0.2) is 88.8 Å². The number of halogens is 1. The van der Waals surface area contributed by atoms with E-state index in [1.54, 1.807) is 0 Å². The molecule has 5 rings (SSSR count). The summed E-state index contributed by atoms with van der Waals surface area (Å²) in [6.07, 6.45) is 3.01. The summed E-state index contributed by atoms with van der Waals surface area (Å²) in [5, 5.41) is 0.693. The highest BCUT2D eigenvalue weighted by molar-refractivity contribution is 6.31. The Morgan fingerprint density at radius 3 is 2.20 bits per heavy atom. The lowest BCUT2D eigenvalue weighted by atomic mass is 9.89. The predicted molar refractivity (Wildman–Crippen MR) is 126 cm³/mol. The lowest BCUT2D eigenvalue weighted by Crippen LogP contribution is -2.38. The van der Waals surface area contributed by atoms with Crippen LogP contribution in [0.2, 0.25) is 5.02 Å². The molecule has 0 amide bonds. The molecule has 4 heteroatoms. The molecule has 2 heterocycles. The minimum atomic E-state index is 0.623. The highest BCUT2D eigenvalue weighted by atomic mass is 35.5. The van der Waals surface area contributed by atoms with Crippen molar-refractivity contribution < 1.29 is 0 Å². The zero-order chi connectivity index (χ0) is 20.3. The summed E-state index contributed by atoms with van der Waals surface area (Å²) in [6.45, 7) is 2.02. The summed E-state index contributed by atoms with van der Waals surface area (Å²) in [7, 11) is 0. The molecular weight excluding hydrogens is 390 g/mol. The standard InChI is InChI=1S/C26H24ClN3/c27-22-11-12-23-25(17-22)29-26(18-24(28-23)21-9-5-2-6-10-21)30-15-13-20(14-16-30)19-7-3-1-4-8-19/h1-12,17,20H,13-16,18H2. The molecule has 0 unspecified atom stereocenters. The van der Waals surface area contributed by atoms with Crippen LogP contribution in [0.5, 0.6) is 0 Å². The third-order valence-corrected chi connectivity index (χ3v) is 6.24. The van der Waals surface area contributed by atoms with E-state index in [1.165, 1.54) is 5.56 Å². The highest BCUT2D eigenvalue weighted by Gasteiger charge is 2.25. The van der Waals surface area contributed by atoms with Gasteiger partial charge in [0.15, 0.2) is 0 Å². The van der Waals surface area contributed by atoms with Crippen molar-refractivity contribution in [3.05, 3.63) is 95.0 Å². The Labute approximate surface area is 182 Å². The molecule has 0 atom stereocenters. The Balaban J connectivity index is 1.44. The van der Waals surface area contributed by atoms with Gasteiger partial charge in [0.2, 0.25) is 0 Å². The molecule has 0 saturated carbocycles. The maximum atomic E-state index is 6.27. The Morgan fingerprint density at radius 2 is 1.47 bits per heavy atom. The zero-order valence-electron chi connectivity index (χ0n) is 16.8. The Morgan fingerprint density at radius 1 is 0.767 bits per heavy atom. The number of piperidine rings is 1. The number of amidine groups is 1. The van der Waals surface area contributed by atoms with Gasteiger partial charge in [0.05, 0.1) is 17.1 Å². The number of aliphatic imine (C=N–C) groups is 2. The summed E-state index contributed by atoms with van der Waals surface area (Å²) in [4.78, 5) is 12.5. The van der Waals surface area contributed by atoms with Crippen LogP contribution in [-0.2, 0) is 0 Å². The fourth-order valence-electron chi connectivity index (χ4n) is 4.37. The van der Waals surface area contributed by atoms with Crippen molar-refractivity contribution in [2.24, 2.45) is 9.98 Å². The first-order chi connectivity index (χ1) is 14.8. The average Bonchev–Trinajstić information content (AvgIpc) is 3.00. The molecule has 0 N–H and O–H groups in total. The van der Waals surface area contributed by atoms with E-state index in [-0.39, 0.29) is 0 Å². The van der Waals surface area contributed by atoms with Crippen LogP contribution in [0, 0.1) is 0 Å². The van der Waals surface area contributed by atoms with Gasteiger partial charge in [-0.05, 0) is 48.1 Å². The second-order valence-corrected chi connectivity index (χ2v) is 8.37. The van der Waals surface area contributed by atoms with Crippen LogP contribution < -0.4 is 0 Å². The summed E-state index contributed by atoms with van der Waals surface area (Å²) in [6, 6.07) is 27.1. The molecule has 1 fully saturated rings. The van der Waals surface area contributed by atoms with Crippen molar-refractivity contribution in [1.82, 2.24) is 4.90 Å².